The average molecular weight is 307 g/mol. The topological polar surface area (TPSA) is 49.8 Å². The second-order valence-corrected chi connectivity index (χ2v) is 7.03. The summed E-state index contributed by atoms with van der Waals surface area (Å²) >= 11 is 1.70. The molecule has 1 aliphatic rings. The highest BCUT2D eigenvalue weighted by Crippen LogP contribution is 2.26. The normalized spacial score (nSPS) is 17.2. The summed E-state index contributed by atoms with van der Waals surface area (Å²) in [6.07, 6.45) is 3.00. The van der Waals surface area contributed by atoms with Crippen molar-refractivity contribution in [1.82, 2.24) is 14.3 Å². The van der Waals surface area contributed by atoms with Crippen LogP contribution in [-0.2, 0) is 6.42 Å². The Balaban J connectivity index is 1.75. The molecule has 0 aromatic carbocycles. The van der Waals surface area contributed by atoms with Gasteiger partial charge in [0.1, 0.15) is 0 Å². The Morgan fingerprint density at radius 2 is 2.05 bits per heavy atom. The van der Waals surface area contributed by atoms with Crippen LogP contribution in [0.2, 0.25) is 0 Å². The lowest BCUT2D eigenvalue weighted by Crippen LogP contribution is -2.47. The molecule has 5 nitrogen and oxygen atoms in total. The lowest BCUT2D eigenvalue weighted by atomic mass is 10.2. The molecule has 1 aliphatic heterocycles. The predicted octanol–water partition coefficient (Wildman–Crippen LogP) is 1.68. The van der Waals surface area contributed by atoms with Crippen molar-refractivity contribution in [3.8, 4) is 0 Å². The fourth-order valence-electron chi connectivity index (χ4n) is 3.10. The van der Waals surface area contributed by atoms with Crippen molar-refractivity contribution in [2.75, 3.05) is 44.2 Å². The number of hydrogen-bond donors (Lipinski definition) is 1. The molecule has 0 unspecified atom stereocenters. The number of nitrogens with two attached hydrogens (primary N) is 1. The van der Waals surface area contributed by atoms with E-state index in [1.165, 1.54) is 12.2 Å². The van der Waals surface area contributed by atoms with Crippen molar-refractivity contribution in [3.63, 3.8) is 0 Å². The van der Waals surface area contributed by atoms with Gasteiger partial charge in [-0.3, -0.25) is 9.30 Å². The number of hydrogen-bond acceptors (Lipinski definition) is 5. The highest BCUT2D eigenvalue weighted by Gasteiger charge is 2.23. The average Bonchev–Trinajstić information content (AvgIpc) is 3.02. The first kappa shape index (κ1) is 14.8. The van der Waals surface area contributed by atoms with Crippen molar-refractivity contribution in [1.29, 1.82) is 0 Å². The zero-order chi connectivity index (χ0) is 14.8. The van der Waals surface area contributed by atoms with Crippen LogP contribution in [0.5, 0.6) is 0 Å². The summed E-state index contributed by atoms with van der Waals surface area (Å²) in [5.41, 5.74) is 7.06. The molecule has 0 radical (unpaired) electrons. The van der Waals surface area contributed by atoms with Crippen molar-refractivity contribution < 1.29 is 0 Å². The lowest BCUT2D eigenvalue weighted by Gasteiger charge is -2.36. The Labute approximate surface area is 130 Å². The quantitative estimate of drug-likeness (QED) is 0.913. The highest BCUT2D eigenvalue weighted by molar-refractivity contribution is 7.15. The zero-order valence-corrected chi connectivity index (χ0v) is 13.8. The van der Waals surface area contributed by atoms with Crippen molar-refractivity contribution in [2.45, 2.75) is 20.3 Å². The molecule has 2 aromatic heterocycles. The fraction of sp³-hybridized carbons (Fsp3) is 0.667. The van der Waals surface area contributed by atoms with Crippen LogP contribution >= 0.6 is 11.3 Å². The Hall–Kier alpha value is -1.11. The van der Waals surface area contributed by atoms with Crippen LogP contribution in [0.3, 0.4) is 0 Å². The summed E-state index contributed by atoms with van der Waals surface area (Å²) in [6, 6.07) is 0. The van der Waals surface area contributed by atoms with E-state index in [1.54, 1.807) is 11.3 Å². The monoisotopic (exact) mass is 307 g/mol. The summed E-state index contributed by atoms with van der Waals surface area (Å²) < 4.78 is 2.20. The van der Waals surface area contributed by atoms with Gasteiger partial charge in [-0.05, 0) is 12.5 Å². The number of anilines is 1. The van der Waals surface area contributed by atoms with E-state index in [9.17, 15) is 0 Å². The zero-order valence-electron chi connectivity index (χ0n) is 13.0. The SMILES string of the molecule is CC(C)CN1CCN(c2nc3sccn3c2CCN)CC1. The number of rotatable bonds is 5. The summed E-state index contributed by atoms with van der Waals surface area (Å²) in [5, 5.41) is 2.09. The van der Waals surface area contributed by atoms with Gasteiger partial charge in [0.05, 0.1) is 5.69 Å². The van der Waals surface area contributed by atoms with E-state index in [0.29, 0.717) is 6.54 Å². The smallest absolute Gasteiger partial charge is 0.195 e. The molecular weight excluding hydrogens is 282 g/mol. The molecule has 0 atom stereocenters. The number of imidazole rings is 1. The maximum absolute atomic E-state index is 5.79. The fourth-order valence-corrected chi connectivity index (χ4v) is 3.83. The third-order valence-corrected chi connectivity index (χ3v) is 4.77. The molecule has 0 aliphatic carbocycles. The minimum absolute atomic E-state index is 0.671. The lowest BCUT2D eigenvalue weighted by molar-refractivity contribution is 0.231. The summed E-state index contributed by atoms with van der Waals surface area (Å²) in [5.74, 6) is 1.89. The second kappa shape index (κ2) is 6.34. The van der Waals surface area contributed by atoms with Crippen LogP contribution in [0.4, 0.5) is 5.82 Å². The second-order valence-electron chi connectivity index (χ2n) is 6.16. The molecule has 1 fully saturated rings. The van der Waals surface area contributed by atoms with Crippen molar-refractivity contribution >= 4 is 22.1 Å². The van der Waals surface area contributed by atoms with Gasteiger partial charge in [0.2, 0.25) is 0 Å². The number of fused-ring (bicyclic) bond motifs is 1. The first-order valence-electron chi connectivity index (χ1n) is 7.81. The molecule has 2 N–H and O–H groups in total. The first-order valence-corrected chi connectivity index (χ1v) is 8.68. The molecule has 2 aromatic rings. The third-order valence-electron chi connectivity index (χ3n) is 4.02. The van der Waals surface area contributed by atoms with Crippen LogP contribution in [-0.4, -0.2) is 53.6 Å². The Morgan fingerprint density at radius 1 is 1.29 bits per heavy atom. The summed E-state index contributed by atoms with van der Waals surface area (Å²) in [7, 11) is 0. The van der Waals surface area contributed by atoms with Gasteiger partial charge in [-0.25, -0.2) is 4.98 Å². The van der Waals surface area contributed by atoms with E-state index in [1.807, 2.05) is 0 Å². The molecule has 21 heavy (non-hydrogen) atoms. The van der Waals surface area contributed by atoms with Gasteiger partial charge >= 0.3 is 0 Å². The third kappa shape index (κ3) is 3.07. The van der Waals surface area contributed by atoms with Crippen LogP contribution in [0.1, 0.15) is 19.5 Å². The Bertz CT molecular complexity index is 580. The Kier molecular flexibility index (Phi) is 4.47. The number of nitrogens with zero attached hydrogens (tertiary/aromatic N) is 4. The first-order chi connectivity index (χ1) is 10.2. The van der Waals surface area contributed by atoms with Crippen LogP contribution < -0.4 is 10.6 Å². The van der Waals surface area contributed by atoms with Gasteiger partial charge in [-0.2, -0.15) is 0 Å². The van der Waals surface area contributed by atoms with Gasteiger partial charge in [-0.1, -0.05) is 13.8 Å². The van der Waals surface area contributed by atoms with Crippen molar-refractivity contribution in [3.05, 3.63) is 17.3 Å². The standard InChI is InChI=1S/C15H25N5S/c1-12(2)11-18-5-7-19(8-6-18)14-13(3-4-16)20-9-10-21-15(20)17-14/h9-10,12H,3-8,11,16H2,1-2H3. The molecule has 0 saturated carbocycles. The van der Waals surface area contributed by atoms with E-state index in [4.69, 9.17) is 10.7 Å². The molecule has 0 bridgehead atoms. The molecule has 1 saturated heterocycles. The maximum atomic E-state index is 5.79. The van der Waals surface area contributed by atoms with E-state index < -0.39 is 0 Å². The molecule has 3 heterocycles. The molecular formula is C15H25N5S. The van der Waals surface area contributed by atoms with E-state index in [2.05, 4.69) is 39.6 Å². The minimum atomic E-state index is 0.671. The summed E-state index contributed by atoms with van der Waals surface area (Å²) in [6.45, 7) is 10.8. The van der Waals surface area contributed by atoms with E-state index in [0.717, 1.165) is 49.3 Å². The van der Waals surface area contributed by atoms with Gasteiger partial charge in [0, 0.05) is 50.7 Å². The van der Waals surface area contributed by atoms with Gasteiger partial charge < -0.3 is 10.6 Å². The van der Waals surface area contributed by atoms with Crippen LogP contribution in [0.25, 0.3) is 4.96 Å². The molecule has 0 spiro atoms. The number of piperazine rings is 1. The molecule has 0 amide bonds. The predicted molar refractivity (Wildman–Crippen MR) is 89.3 cm³/mol. The Morgan fingerprint density at radius 3 is 2.71 bits per heavy atom. The molecule has 116 valence electrons. The number of aromatic nitrogens is 2. The largest absolute Gasteiger partial charge is 0.352 e. The van der Waals surface area contributed by atoms with Crippen molar-refractivity contribution in [2.24, 2.45) is 11.7 Å². The van der Waals surface area contributed by atoms with E-state index >= 15 is 0 Å². The van der Waals surface area contributed by atoms with Gasteiger partial charge in [0.15, 0.2) is 10.8 Å². The number of thiazole rings is 1. The van der Waals surface area contributed by atoms with Crippen LogP contribution in [0.15, 0.2) is 11.6 Å². The van der Waals surface area contributed by atoms with E-state index in [-0.39, 0.29) is 0 Å². The highest BCUT2D eigenvalue weighted by atomic mass is 32.1. The van der Waals surface area contributed by atoms with Gasteiger partial charge in [-0.15, -0.1) is 11.3 Å². The summed E-state index contributed by atoms with van der Waals surface area (Å²) in [4.78, 5) is 10.9. The maximum Gasteiger partial charge on any atom is 0.195 e. The molecule has 6 heteroatoms. The minimum Gasteiger partial charge on any atom is -0.352 e. The molecule has 3 rings (SSSR count). The van der Waals surface area contributed by atoms with Crippen LogP contribution in [0, 0.1) is 5.92 Å². The van der Waals surface area contributed by atoms with Gasteiger partial charge in [0.25, 0.3) is 0 Å².